The molecule has 1 amide bonds. The number of pyridine rings is 1. The van der Waals surface area contributed by atoms with Crippen LogP contribution in [-0.2, 0) is 10.3 Å². The van der Waals surface area contributed by atoms with Gasteiger partial charge in [0.25, 0.3) is 0 Å². The molecule has 3 heterocycles. The van der Waals surface area contributed by atoms with Crippen LogP contribution in [0.4, 0.5) is 4.79 Å². The number of hydrogen-bond acceptors (Lipinski definition) is 6. The van der Waals surface area contributed by atoms with Crippen molar-refractivity contribution in [1.82, 2.24) is 24.9 Å². The molecule has 2 aromatic carbocycles. The smallest absolute Gasteiger partial charge is 0.408 e. The molecular formula is C32H32ClN5O3. The molecule has 41 heavy (non-hydrogen) atoms. The van der Waals surface area contributed by atoms with Gasteiger partial charge in [-0.3, -0.25) is 0 Å². The number of aromatic nitrogens is 4. The zero-order valence-electron chi connectivity index (χ0n) is 23.7. The number of amides is 1. The fraction of sp³-hybridized carbons (Fsp3) is 0.312. The van der Waals surface area contributed by atoms with Crippen LogP contribution in [0.15, 0.2) is 66.9 Å². The lowest BCUT2D eigenvalue weighted by Gasteiger charge is -2.52. The Morgan fingerprint density at radius 1 is 1.07 bits per heavy atom. The summed E-state index contributed by atoms with van der Waals surface area (Å²) in [5, 5.41) is 19.5. The van der Waals surface area contributed by atoms with E-state index in [1.807, 2.05) is 88.4 Å². The Kier molecular flexibility index (Phi) is 6.32. The highest BCUT2D eigenvalue weighted by Gasteiger charge is 2.53. The molecule has 0 spiro atoms. The summed E-state index contributed by atoms with van der Waals surface area (Å²) in [5.74, 6) is 0. The summed E-state index contributed by atoms with van der Waals surface area (Å²) in [5.41, 5.74) is 4.04. The quantitative estimate of drug-likeness (QED) is 0.246. The number of fused-ring (bicyclic) bond motifs is 3. The van der Waals surface area contributed by atoms with E-state index >= 15 is 0 Å². The van der Waals surface area contributed by atoms with Gasteiger partial charge in [-0.1, -0.05) is 66.2 Å². The van der Waals surface area contributed by atoms with E-state index in [2.05, 4.69) is 15.4 Å². The van der Waals surface area contributed by atoms with Crippen molar-refractivity contribution in [1.29, 1.82) is 0 Å². The van der Waals surface area contributed by atoms with E-state index < -0.39 is 22.8 Å². The Labute approximate surface area is 243 Å². The van der Waals surface area contributed by atoms with Gasteiger partial charge in [0.05, 0.1) is 32.9 Å². The zero-order valence-corrected chi connectivity index (χ0v) is 24.5. The normalized spacial score (nSPS) is 20.7. The van der Waals surface area contributed by atoms with Crippen LogP contribution in [0.3, 0.4) is 0 Å². The van der Waals surface area contributed by atoms with Crippen LogP contribution in [0.5, 0.6) is 0 Å². The highest BCUT2D eigenvalue weighted by Crippen LogP contribution is 2.49. The average Bonchev–Trinajstić information content (AvgIpc) is 3.27. The third-order valence-electron chi connectivity index (χ3n) is 7.37. The fourth-order valence-electron chi connectivity index (χ4n) is 5.84. The van der Waals surface area contributed by atoms with Crippen molar-refractivity contribution in [3.05, 3.63) is 83.1 Å². The minimum Gasteiger partial charge on any atom is -0.444 e. The second-order valence-corrected chi connectivity index (χ2v) is 12.6. The summed E-state index contributed by atoms with van der Waals surface area (Å²) in [7, 11) is 0. The van der Waals surface area contributed by atoms with Gasteiger partial charge in [0.1, 0.15) is 5.60 Å². The standard InChI is InChI=1S/C32H32ClN5O3/c1-19-15-24-34-16-23-26(33)25(20-9-7-6-8-10-20)27(35-28(23)38(24)37-19)21-11-13-22(14-12-21)32(17-31(5,40)18-32)36-29(39)41-30(2,3)4/h6-16,40H,17-18H2,1-5H3,(H,36,39)/t31-,32-. The summed E-state index contributed by atoms with van der Waals surface area (Å²) in [6, 6.07) is 19.7. The van der Waals surface area contributed by atoms with Crippen LogP contribution >= 0.6 is 11.6 Å². The maximum absolute atomic E-state index is 12.8. The molecule has 9 heteroatoms. The van der Waals surface area contributed by atoms with Crippen molar-refractivity contribution < 1.29 is 14.6 Å². The van der Waals surface area contributed by atoms with E-state index in [-0.39, 0.29) is 0 Å². The van der Waals surface area contributed by atoms with Gasteiger partial charge in [0.15, 0.2) is 11.3 Å². The molecule has 0 radical (unpaired) electrons. The topological polar surface area (TPSA) is 102 Å². The molecule has 1 aliphatic rings. The van der Waals surface area contributed by atoms with E-state index in [1.54, 1.807) is 17.6 Å². The zero-order chi connectivity index (χ0) is 29.2. The number of halogens is 1. The molecule has 1 fully saturated rings. The minimum absolute atomic E-state index is 0.373. The van der Waals surface area contributed by atoms with Crippen LogP contribution in [0.25, 0.3) is 39.1 Å². The number of nitrogens with zero attached hydrogens (tertiary/aromatic N) is 4. The molecule has 210 valence electrons. The van der Waals surface area contributed by atoms with Gasteiger partial charge < -0.3 is 15.2 Å². The lowest BCUT2D eigenvalue weighted by atomic mass is 9.62. The van der Waals surface area contributed by atoms with E-state index in [9.17, 15) is 9.90 Å². The Hall–Kier alpha value is -4.01. The van der Waals surface area contributed by atoms with Crippen molar-refractivity contribution in [2.45, 2.75) is 64.2 Å². The number of benzene rings is 2. The third-order valence-corrected chi connectivity index (χ3v) is 7.76. The summed E-state index contributed by atoms with van der Waals surface area (Å²) >= 11 is 7.10. The molecule has 0 aliphatic heterocycles. The van der Waals surface area contributed by atoms with Gasteiger partial charge in [0.2, 0.25) is 0 Å². The second kappa shape index (κ2) is 9.53. The highest BCUT2D eigenvalue weighted by molar-refractivity contribution is 6.38. The summed E-state index contributed by atoms with van der Waals surface area (Å²) < 4.78 is 7.26. The molecular weight excluding hydrogens is 538 g/mol. The fourth-order valence-corrected chi connectivity index (χ4v) is 6.17. The summed E-state index contributed by atoms with van der Waals surface area (Å²) in [4.78, 5) is 22.4. The first-order valence-corrected chi connectivity index (χ1v) is 14.0. The number of carbonyl (C=O) groups is 1. The lowest BCUT2D eigenvalue weighted by molar-refractivity contribution is -0.0892. The number of alkyl carbamates (subject to hydrolysis) is 1. The maximum Gasteiger partial charge on any atom is 0.408 e. The van der Waals surface area contributed by atoms with Gasteiger partial charge >= 0.3 is 6.09 Å². The van der Waals surface area contributed by atoms with E-state index in [0.717, 1.165) is 27.9 Å². The lowest BCUT2D eigenvalue weighted by Crippen LogP contribution is -2.62. The summed E-state index contributed by atoms with van der Waals surface area (Å²) in [6.07, 6.45) is 1.97. The van der Waals surface area contributed by atoms with Crippen molar-refractivity contribution in [3.8, 4) is 22.4 Å². The van der Waals surface area contributed by atoms with Crippen LogP contribution in [0, 0.1) is 6.92 Å². The molecule has 0 unspecified atom stereocenters. The van der Waals surface area contributed by atoms with Crippen molar-refractivity contribution >= 4 is 34.4 Å². The first-order chi connectivity index (χ1) is 19.3. The Morgan fingerprint density at radius 2 is 1.76 bits per heavy atom. The monoisotopic (exact) mass is 569 g/mol. The van der Waals surface area contributed by atoms with Crippen molar-refractivity contribution in [2.24, 2.45) is 0 Å². The van der Waals surface area contributed by atoms with Crippen molar-refractivity contribution in [3.63, 3.8) is 0 Å². The number of aliphatic hydroxyl groups is 1. The van der Waals surface area contributed by atoms with Gasteiger partial charge in [-0.25, -0.2) is 14.8 Å². The molecule has 1 saturated carbocycles. The number of nitrogens with one attached hydrogen (secondary N) is 1. The molecule has 0 atom stereocenters. The van der Waals surface area contributed by atoms with Crippen LogP contribution in [0.1, 0.15) is 51.8 Å². The maximum atomic E-state index is 12.8. The minimum atomic E-state index is -0.886. The Bertz CT molecular complexity index is 1780. The van der Waals surface area contributed by atoms with Gasteiger partial charge in [-0.2, -0.15) is 9.61 Å². The molecule has 2 N–H and O–H groups in total. The number of carbonyl (C=O) groups excluding carboxylic acids is 1. The van der Waals surface area contributed by atoms with E-state index in [1.165, 1.54) is 0 Å². The van der Waals surface area contributed by atoms with Gasteiger partial charge in [0, 0.05) is 36.2 Å². The number of hydrogen-bond donors (Lipinski definition) is 2. The van der Waals surface area contributed by atoms with E-state index in [0.29, 0.717) is 40.2 Å². The number of ether oxygens (including phenoxy) is 1. The van der Waals surface area contributed by atoms with Crippen LogP contribution in [-0.4, -0.2) is 42.0 Å². The van der Waals surface area contributed by atoms with Crippen LogP contribution < -0.4 is 5.32 Å². The first kappa shape index (κ1) is 27.2. The Balaban J connectivity index is 1.47. The Morgan fingerprint density at radius 3 is 2.39 bits per heavy atom. The predicted octanol–water partition coefficient (Wildman–Crippen LogP) is 6.84. The average molecular weight is 570 g/mol. The molecule has 0 saturated heterocycles. The summed E-state index contributed by atoms with van der Waals surface area (Å²) in [6.45, 7) is 9.16. The van der Waals surface area contributed by atoms with E-state index in [4.69, 9.17) is 21.3 Å². The SMILES string of the molecule is Cc1cc2ncc3c(Cl)c(-c4ccccc4)c(-c4ccc([C@]5(NC(=O)OC(C)(C)C)C[C@](C)(O)C5)cc4)nc3n2n1. The third kappa shape index (κ3) is 5.02. The first-order valence-electron chi connectivity index (χ1n) is 13.6. The molecule has 3 aromatic heterocycles. The van der Waals surface area contributed by atoms with Gasteiger partial charge in [-0.15, -0.1) is 0 Å². The highest BCUT2D eigenvalue weighted by atomic mass is 35.5. The predicted molar refractivity (Wildman–Crippen MR) is 160 cm³/mol. The molecule has 8 nitrogen and oxygen atoms in total. The van der Waals surface area contributed by atoms with Gasteiger partial charge in [-0.05, 0) is 45.7 Å². The second-order valence-electron chi connectivity index (χ2n) is 12.2. The molecule has 6 rings (SSSR count). The van der Waals surface area contributed by atoms with Crippen LogP contribution in [0.2, 0.25) is 5.02 Å². The number of aryl methyl sites for hydroxylation is 1. The largest absolute Gasteiger partial charge is 0.444 e. The number of rotatable bonds is 4. The molecule has 1 aliphatic carbocycles. The molecule has 5 aromatic rings. The molecule has 0 bridgehead atoms. The van der Waals surface area contributed by atoms with Crippen molar-refractivity contribution in [2.75, 3.05) is 0 Å².